The lowest BCUT2D eigenvalue weighted by molar-refractivity contribution is -0.153. The normalized spacial score (nSPS) is 11.6. The molecule has 144 valence electrons. The van der Waals surface area contributed by atoms with Gasteiger partial charge in [-0.25, -0.2) is 4.98 Å². The van der Waals surface area contributed by atoms with Gasteiger partial charge < -0.3 is 14.8 Å². The molecule has 1 N–H and O–H groups in total. The van der Waals surface area contributed by atoms with Crippen molar-refractivity contribution in [1.29, 1.82) is 0 Å². The molecule has 8 nitrogen and oxygen atoms in total. The van der Waals surface area contributed by atoms with Crippen molar-refractivity contribution in [3.63, 3.8) is 0 Å². The molecule has 0 aliphatic rings. The van der Waals surface area contributed by atoms with Gasteiger partial charge in [-0.2, -0.15) is 0 Å². The Kier molecular flexibility index (Phi) is 5.69. The quantitative estimate of drug-likeness (QED) is 0.656. The molecule has 0 aliphatic heterocycles. The van der Waals surface area contributed by atoms with Crippen LogP contribution >= 0.6 is 0 Å². The van der Waals surface area contributed by atoms with Crippen LogP contribution in [-0.4, -0.2) is 34.6 Å². The zero-order chi connectivity index (χ0) is 20.1. The fourth-order valence-electron chi connectivity index (χ4n) is 2.59. The molecule has 0 unspecified atom stereocenters. The fourth-order valence-corrected chi connectivity index (χ4v) is 2.59. The Bertz CT molecular complexity index is 1080. The molecule has 2 aromatic carbocycles. The van der Waals surface area contributed by atoms with E-state index in [-0.39, 0.29) is 12.1 Å². The highest BCUT2D eigenvalue weighted by Crippen LogP contribution is 2.17. The zero-order valence-corrected chi connectivity index (χ0v) is 15.4. The maximum Gasteiger partial charge on any atom is 0.326 e. The van der Waals surface area contributed by atoms with Crippen molar-refractivity contribution in [3.8, 4) is 5.75 Å². The third kappa shape index (κ3) is 4.35. The van der Waals surface area contributed by atoms with Crippen molar-refractivity contribution >= 4 is 28.5 Å². The molecule has 0 aliphatic carbocycles. The minimum absolute atomic E-state index is 0.340. The summed E-state index contributed by atoms with van der Waals surface area (Å²) in [6.45, 7) is 1.11. The number of benzene rings is 2. The lowest BCUT2D eigenvalue weighted by Crippen LogP contribution is -2.33. The van der Waals surface area contributed by atoms with Crippen molar-refractivity contribution < 1.29 is 19.1 Å². The van der Waals surface area contributed by atoms with Gasteiger partial charge in [0.2, 0.25) is 0 Å². The van der Waals surface area contributed by atoms with Crippen LogP contribution in [0, 0.1) is 0 Å². The van der Waals surface area contributed by atoms with Crippen LogP contribution in [0.25, 0.3) is 10.9 Å². The number of nitrogens with one attached hydrogen (secondary N) is 1. The number of hydrogen-bond acceptors (Lipinski definition) is 6. The van der Waals surface area contributed by atoms with Gasteiger partial charge in [0.1, 0.15) is 12.3 Å². The van der Waals surface area contributed by atoms with Gasteiger partial charge in [0, 0.05) is 11.8 Å². The van der Waals surface area contributed by atoms with Crippen LogP contribution < -0.4 is 15.6 Å². The zero-order valence-electron chi connectivity index (χ0n) is 15.4. The minimum Gasteiger partial charge on any atom is -0.497 e. The predicted molar refractivity (Wildman–Crippen MR) is 103 cm³/mol. The summed E-state index contributed by atoms with van der Waals surface area (Å²) in [7, 11) is 1.52. The lowest BCUT2D eigenvalue weighted by Gasteiger charge is -2.14. The number of hydrogen-bond donors (Lipinski definition) is 1. The molecule has 1 atom stereocenters. The number of rotatable bonds is 6. The van der Waals surface area contributed by atoms with E-state index in [1.807, 2.05) is 0 Å². The van der Waals surface area contributed by atoms with Crippen LogP contribution in [0.5, 0.6) is 5.75 Å². The van der Waals surface area contributed by atoms with E-state index in [0.717, 1.165) is 4.57 Å². The van der Waals surface area contributed by atoms with Gasteiger partial charge in [-0.15, -0.1) is 0 Å². The van der Waals surface area contributed by atoms with E-state index in [0.29, 0.717) is 22.3 Å². The van der Waals surface area contributed by atoms with Crippen molar-refractivity contribution in [2.24, 2.45) is 0 Å². The summed E-state index contributed by atoms with van der Waals surface area (Å²) in [5.41, 5.74) is 0.710. The molecule has 1 aromatic heterocycles. The number of carbonyl (C=O) groups excluding carboxylic acids is 2. The van der Waals surface area contributed by atoms with Crippen molar-refractivity contribution in [2.45, 2.75) is 19.6 Å². The number of nitrogens with zero attached hydrogens (tertiary/aromatic N) is 2. The molecule has 0 bridgehead atoms. The summed E-state index contributed by atoms with van der Waals surface area (Å²) < 4.78 is 11.4. The number of ether oxygens (including phenoxy) is 2. The molecule has 8 heteroatoms. The molecule has 0 saturated heterocycles. The number of anilines is 1. The smallest absolute Gasteiger partial charge is 0.326 e. The number of esters is 1. The summed E-state index contributed by atoms with van der Waals surface area (Å²) in [5.74, 6) is -0.622. The van der Waals surface area contributed by atoms with E-state index >= 15 is 0 Å². The maximum atomic E-state index is 12.4. The van der Waals surface area contributed by atoms with E-state index in [2.05, 4.69) is 10.3 Å². The summed E-state index contributed by atoms with van der Waals surface area (Å²) in [6, 6.07) is 13.6. The Hall–Kier alpha value is -3.68. The molecule has 0 saturated carbocycles. The number of methoxy groups -OCH3 is 1. The van der Waals surface area contributed by atoms with E-state index in [4.69, 9.17) is 9.47 Å². The number of amides is 1. The lowest BCUT2D eigenvalue weighted by atomic mass is 10.2. The third-order valence-corrected chi connectivity index (χ3v) is 4.05. The molecule has 1 heterocycles. The molecule has 0 radical (unpaired) electrons. The van der Waals surface area contributed by atoms with Crippen LogP contribution in [0.3, 0.4) is 0 Å². The van der Waals surface area contributed by atoms with Gasteiger partial charge in [-0.3, -0.25) is 19.0 Å². The SMILES string of the molecule is COc1cccc(NC(=O)[C@@H](C)OC(=O)Cn2cnc3ccccc3c2=O)c1. The number of fused-ring (bicyclic) bond motifs is 1. The summed E-state index contributed by atoms with van der Waals surface area (Å²) >= 11 is 0. The van der Waals surface area contributed by atoms with E-state index < -0.39 is 18.0 Å². The summed E-state index contributed by atoms with van der Waals surface area (Å²) in [4.78, 5) is 40.9. The first kappa shape index (κ1) is 19.1. The fraction of sp³-hybridized carbons (Fsp3) is 0.200. The second-order valence-corrected chi connectivity index (χ2v) is 6.05. The van der Waals surface area contributed by atoms with Crippen molar-refractivity contribution in [1.82, 2.24) is 9.55 Å². The number of carbonyl (C=O) groups is 2. The first-order valence-electron chi connectivity index (χ1n) is 8.56. The van der Waals surface area contributed by atoms with Crippen molar-refractivity contribution in [3.05, 3.63) is 65.2 Å². The van der Waals surface area contributed by atoms with Crippen LogP contribution in [0.2, 0.25) is 0 Å². The second-order valence-electron chi connectivity index (χ2n) is 6.05. The Morgan fingerprint density at radius 2 is 1.96 bits per heavy atom. The highest BCUT2D eigenvalue weighted by molar-refractivity contribution is 5.95. The molecule has 0 spiro atoms. The Morgan fingerprint density at radius 3 is 2.75 bits per heavy atom. The standard InChI is InChI=1S/C20H19N3O5/c1-13(19(25)22-14-6-5-7-15(10-14)27-2)28-18(24)11-23-12-21-17-9-4-3-8-16(17)20(23)26/h3-10,12-13H,11H2,1-2H3,(H,22,25)/t13-/m1/s1. The largest absolute Gasteiger partial charge is 0.497 e. The van der Waals surface area contributed by atoms with Crippen molar-refractivity contribution in [2.75, 3.05) is 12.4 Å². The van der Waals surface area contributed by atoms with E-state index in [9.17, 15) is 14.4 Å². The molecular formula is C20H19N3O5. The minimum atomic E-state index is -1.04. The summed E-state index contributed by atoms with van der Waals surface area (Å²) in [6.07, 6.45) is 0.246. The van der Waals surface area contributed by atoms with Crippen LogP contribution in [0.4, 0.5) is 5.69 Å². The third-order valence-electron chi connectivity index (χ3n) is 4.05. The van der Waals surface area contributed by atoms with Gasteiger partial charge >= 0.3 is 5.97 Å². The highest BCUT2D eigenvalue weighted by Gasteiger charge is 2.19. The van der Waals surface area contributed by atoms with E-state index in [1.54, 1.807) is 48.5 Å². The van der Waals surface area contributed by atoms with Gasteiger partial charge in [-0.05, 0) is 31.2 Å². The average molecular weight is 381 g/mol. The van der Waals surface area contributed by atoms with Gasteiger partial charge in [0.25, 0.3) is 11.5 Å². The monoisotopic (exact) mass is 381 g/mol. The topological polar surface area (TPSA) is 99.5 Å². The first-order valence-corrected chi connectivity index (χ1v) is 8.56. The Balaban J connectivity index is 1.63. The molecule has 3 aromatic rings. The van der Waals surface area contributed by atoms with Gasteiger partial charge in [0.15, 0.2) is 6.10 Å². The van der Waals surface area contributed by atoms with Crippen LogP contribution in [0.15, 0.2) is 59.7 Å². The van der Waals surface area contributed by atoms with Gasteiger partial charge in [-0.1, -0.05) is 18.2 Å². The molecule has 28 heavy (non-hydrogen) atoms. The Labute approximate surface area is 160 Å². The van der Waals surface area contributed by atoms with Crippen LogP contribution in [-0.2, 0) is 20.9 Å². The molecule has 0 fully saturated rings. The van der Waals surface area contributed by atoms with Gasteiger partial charge in [0.05, 0.1) is 24.3 Å². The molecule has 3 rings (SSSR count). The maximum absolute atomic E-state index is 12.4. The Morgan fingerprint density at radius 1 is 1.18 bits per heavy atom. The average Bonchev–Trinajstić information content (AvgIpc) is 2.70. The second kappa shape index (κ2) is 8.34. The molecular weight excluding hydrogens is 362 g/mol. The summed E-state index contributed by atoms with van der Waals surface area (Å²) in [5, 5.41) is 3.05. The number of aromatic nitrogens is 2. The van der Waals surface area contributed by atoms with Crippen LogP contribution in [0.1, 0.15) is 6.92 Å². The predicted octanol–water partition coefficient (Wildman–Crippen LogP) is 1.98. The first-order chi connectivity index (χ1) is 13.5. The number of para-hydroxylation sites is 1. The highest BCUT2D eigenvalue weighted by atomic mass is 16.5. The molecule has 1 amide bonds. The van der Waals surface area contributed by atoms with E-state index in [1.165, 1.54) is 20.4 Å².